The van der Waals surface area contributed by atoms with Crippen LogP contribution in [0.25, 0.3) is 17.1 Å². The normalized spacial score (nSPS) is 11.1. The number of hydrogen-bond donors (Lipinski definition) is 0. The molecule has 0 saturated carbocycles. The lowest BCUT2D eigenvalue weighted by Crippen LogP contribution is -2.07. The van der Waals surface area contributed by atoms with E-state index in [1.165, 1.54) is 16.8 Å². The maximum absolute atomic E-state index is 4.95. The second-order valence-electron chi connectivity index (χ2n) is 6.29. The Balaban J connectivity index is 1.87. The van der Waals surface area contributed by atoms with Crippen LogP contribution in [0.3, 0.4) is 0 Å². The molecular weight excluding hydrogens is 370 g/mol. The highest BCUT2D eigenvalue weighted by atomic mass is 32.2. The molecule has 0 aliphatic carbocycles. The van der Waals surface area contributed by atoms with Gasteiger partial charge in [-0.25, -0.2) is 0 Å². The first kappa shape index (κ1) is 18.4. The monoisotopic (exact) mass is 391 g/mol. The Hall–Kier alpha value is -2.93. The van der Waals surface area contributed by atoms with Crippen molar-refractivity contribution in [3.63, 3.8) is 0 Å². The van der Waals surface area contributed by atoms with Crippen molar-refractivity contribution >= 4 is 11.8 Å². The van der Waals surface area contributed by atoms with Gasteiger partial charge < -0.3 is 4.52 Å². The van der Waals surface area contributed by atoms with E-state index in [0.29, 0.717) is 5.75 Å². The Bertz CT molecular complexity index is 1020. The fourth-order valence-electron chi connectivity index (χ4n) is 3.20. The number of pyridine rings is 1. The van der Waals surface area contributed by atoms with E-state index >= 15 is 0 Å². The van der Waals surface area contributed by atoms with Crippen molar-refractivity contribution in [1.29, 1.82) is 0 Å². The van der Waals surface area contributed by atoms with E-state index in [2.05, 4.69) is 57.0 Å². The number of nitrogens with zero attached hydrogens (tertiary/aromatic N) is 5. The highest BCUT2D eigenvalue weighted by Crippen LogP contribution is 2.33. The van der Waals surface area contributed by atoms with Gasteiger partial charge in [0.1, 0.15) is 6.26 Å². The largest absolute Gasteiger partial charge is 0.364 e. The lowest BCUT2D eigenvalue weighted by molar-refractivity contribution is 0.414. The Morgan fingerprint density at radius 2 is 1.82 bits per heavy atom. The molecule has 0 bridgehead atoms. The second-order valence-corrected chi connectivity index (χ2v) is 7.24. The number of thioether (sulfide) groups is 1. The molecule has 3 aromatic heterocycles. The highest BCUT2D eigenvalue weighted by molar-refractivity contribution is 7.98. The molecule has 3 heterocycles. The van der Waals surface area contributed by atoms with Gasteiger partial charge in [-0.2, -0.15) is 0 Å². The van der Waals surface area contributed by atoms with E-state index in [1.54, 1.807) is 24.2 Å². The molecule has 0 aliphatic rings. The molecule has 0 saturated heterocycles. The van der Waals surface area contributed by atoms with Crippen LogP contribution < -0.4 is 0 Å². The number of para-hydroxylation sites is 1. The Morgan fingerprint density at radius 1 is 1.00 bits per heavy atom. The maximum atomic E-state index is 4.95. The predicted molar refractivity (Wildman–Crippen MR) is 109 cm³/mol. The number of benzene rings is 1. The molecule has 28 heavy (non-hydrogen) atoms. The van der Waals surface area contributed by atoms with Crippen LogP contribution in [0.15, 0.2) is 64.7 Å². The summed E-state index contributed by atoms with van der Waals surface area (Å²) in [5.41, 5.74) is 5.53. The van der Waals surface area contributed by atoms with E-state index in [0.717, 1.165) is 35.1 Å². The van der Waals surface area contributed by atoms with Crippen molar-refractivity contribution in [2.45, 2.75) is 37.6 Å². The van der Waals surface area contributed by atoms with Crippen molar-refractivity contribution in [3.05, 3.63) is 71.9 Å². The summed E-state index contributed by atoms with van der Waals surface area (Å²) in [4.78, 5) is 4.27. The molecule has 7 heteroatoms. The molecule has 0 amide bonds. The van der Waals surface area contributed by atoms with E-state index in [-0.39, 0.29) is 0 Å². The second kappa shape index (κ2) is 8.39. The molecule has 0 spiro atoms. The molecule has 6 nitrogen and oxygen atoms in total. The van der Waals surface area contributed by atoms with Gasteiger partial charge in [-0.3, -0.25) is 9.55 Å². The summed E-state index contributed by atoms with van der Waals surface area (Å²) in [6.07, 6.45) is 7.04. The fourth-order valence-corrected chi connectivity index (χ4v) is 4.03. The van der Waals surface area contributed by atoms with Crippen LogP contribution in [-0.2, 0) is 18.6 Å². The molecule has 0 radical (unpaired) electrons. The van der Waals surface area contributed by atoms with Crippen LogP contribution in [0.5, 0.6) is 0 Å². The van der Waals surface area contributed by atoms with Crippen molar-refractivity contribution < 1.29 is 4.52 Å². The van der Waals surface area contributed by atoms with E-state index in [9.17, 15) is 0 Å². The van der Waals surface area contributed by atoms with Gasteiger partial charge in [0.05, 0.1) is 11.4 Å². The molecule has 0 unspecified atom stereocenters. The molecule has 0 fully saturated rings. The predicted octanol–water partition coefficient (Wildman–Crippen LogP) is 4.73. The Kier molecular flexibility index (Phi) is 5.53. The molecule has 1 aromatic carbocycles. The number of hydrogen-bond acceptors (Lipinski definition) is 6. The van der Waals surface area contributed by atoms with Crippen molar-refractivity contribution in [1.82, 2.24) is 24.9 Å². The van der Waals surface area contributed by atoms with Crippen molar-refractivity contribution in [2.75, 3.05) is 0 Å². The van der Waals surface area contributed by atoms with Gasteiger partial charge in [0, 0.05) is 29.8 Å². The summed E-state index contributed by atoms with van der Waals surface area (Å²) in [6, 6.07) is 12.3. The van der Waals surface area contributed by atoms with Crippen molar-refractivity contribution in [3.8, 4) is 17.1 Å². The Labute approximate surface area is 168 Å². The first-order valence-corrected chi connectivity index (χ1v) is 10.3. The quantitative estimate of drug-likeness (QED) is 0.424. The molecule has 4 rings (SSSR count). The first-order chi connectivity index (χ1) is 13.8. The third kappa shape index (κ3) is 3.57. The van der Waals surface area contributed by atoms with Gasteiger partial charge in [0.25, 0.3) is 0 Å². The summed E-state index contributed by atoms with van der Waals surface area (Å²) in [7, 11) is 0. The average molecular weight is 392 g/mol. The van der Waals surface area contributed by atoms with E-state index in [1.807, 2.05) is 24.4 Å². The lowest BCUT2D eigenvalue weighted by atomic mass is 10.0. The van der Waals surface area contributed by atoms with E-state index in [4.69, 9.17) is 4.52 Å². The van der Waals surface area contributed by atoms with Gasteiger partial charge >= 0.3 is 0 Å². The van der Waals surface area contributed by atoms with Crippen LogP contribution in [0.2, 0.25) is 0 Å². The molecule has 0 N–H and O–H groups in total. The van der Waals surface area contributed by atoms with Gasteiger partial charge in [0.2, 0.25) is 0 Å². The maximum Gasteiger partial charge on any atom is 0.196 e. The molecule has 0 aliphatic heterocycles. The number of aromatic nitrogens is 5. The topological polar surface area (TPSA) is 69.6 Å². The number of rotatable bonds is 7. The van der Waals surface area contributed by atoms with Crippen molar-refractivity contribution in [2.24, 2.45) is 0 Å². The summed E-state index contributed by atoms with van der Waals surface area (Å²) in [5, 5.41) is 13.9. The summed E-state index contributed by atoms with van der Waals surface area (Å²) in [5.74, 6) is 1.46. The minimum Gasteiger partial charge on any atom is -0.364 e. The molecule has 142 valence electrons. The summed E-state index contributed by atoms with van der Waals surface area (Å²) >= 11 is 1.60. The zero-order chi connectivity index (χ0) is 19.3. The molecule has 0 atom stereocenters. The van der Waals surface area contributed by atoms with Crippen LogP contribution in [0.1, 0.15) is 30.7 Å². The van der Waals surface area contributed by atoms with E-state index < -0.39 is 0 Å². The zero-order valence-electron chi connectivity index (χ0n) is 15.9. The lowest BCUT2D eigenvalue weighted by Gasteiger charge is -2.17. The molecule has 4 aromatic rings. The van der Waals surface area contributed by atoms with Gasteiger partial charge in [-0.05, 0) is 36.1 Å². The third-order valence-electron chi connectivity index (χ3n) is 4.58. The summed E-state index contributed by atoms with van der Waals surface area (Å²) in [6.45, 7) is 4.35. The average Bonchev–Trinajstić information content (AvgIpc) is 3.41. The third-order valence-corrected chi connectivity index (χ3v) is 5.54. The van der Waals surface area contributed by atoms with Crippen LogP contribution >= 0.6 is 11.8 Å². The minimum atomic E-state index is 0.664. The summed E-state index contributed by atoms with van der Waals surface area (Å²) < 4.78 is 7.12. The Morgan fingerprint density at radius 3 is 2.46 bits per heavy atom. The SMILES string of the molecule is CCc1cccc(CC)c1-n1c(SCc2ccon2)nnc1-c1cccnc1. The van der Waals surface area contributed by atoms with Crippen LogP contribution in [0.4, 0.5) is 0 Å². The smallest absolute Gasteiger partial charge is 0.196 e. The fraction of sp³-hybridized carbons (Fsp3) is 0.238. The molecular formula is C21H21N5OS. The highest BCUT2D eigenvalue weighted by Gasteiger charge is 2.20. The van der Waals surface area contributed by atoms with Gasteiger partial charge in [0.15, 0.2) is 11.0 Å². The first-order valence-electron chi connectivity index (χ1n) is 9.30. The zero-order valence-corrected chi connectivity index (χ0v) is 16.7. The standard InChI is InChI=1S/C21H21N5OS/c1-3-15-7-5-8-16(4-2)19(15)26-20(17-9-6-11-22-13-17)23-24-21(26)28-14-18-10-12-27-25-18/h5-13H,3-4,14H2,1-2H3. The van der Waals surface area contributed by atoms with Crippen LogP contribution in [-0.4, -0.2) is 24.9 Å². The van der Waals surface area contributed by atoms with Gasteiger partial charge in [-0.1, -0.05) is 49.0 Å². The number of aryl methyl sites for hydroxylation is 2. The van der Waals surface area contributed by atoms with Crippen LogP contribution in [0, 0.1) is 0 Å². The van der Waals surface area contributed by atoms with Gasteiger partial charge in [-0.15, -0.1) is 10.2 Å². The minimum absolute atomic E-state index is 0.664.